The smallest absolute Gasteiger partial charge is 0.0861 e. The molecule has 50 valence electrons. The predicted octanol–water partition coefficient (Wildman–Crippen LogP) is 1.17. The Bertz CT molecular complexity index is 256. The molecule has 0 saturated carbocycles. The normalized spacial score (nSPS) is 14.8. The Labute approximate surface area is 58.7 Å². The molecule has 0 radical (unpaired) electrons. The minimum absolute atomic E-state index is 0.976. The lowest BCUT2D eigenvalue weighted by Crippen LogP contribution is -1.89. The Kier molecular flexibility index (Phi) is 1.13. The molecule has 2 heterocycles. The number of hydrogen-bond acceptors (Lipinski definition) is 2. The molecule has 0 spiro atoms. The molecule has 0 unspecified atom stereocenters. The van der Waals surface area contributed by atoms with Crippen LogP contribution >= 0.6 is 0 Å². The molecule has 1 aliphatic rings. The van der Waals surface area contributed by atoms with Crippen molar-refractivity contribution in [2.75, 3.05) is 0 Å². The van der Waals surface area contributed by atoms with Crippen LogP contribution in [0.4, 0.5) is 0 Å². The summed E-state index contributed by atoms with van der Waals surface area (Å²) in [6, 6.07) is 0. The fraction of sp³-hybridized carbons (Fsp3) is 0.143. The molecule has 0 aliphatic carbocycles. The van der Waals surface area contributed by atoms with E-state index in [1.807, 2.05) is 18.4 Å². The minimum Gasteiger partial charge on any atom is -0.221 e. The summed E-state index contributed by atoms with van der Waals surface area (Å²) in [4.78, 5) is 0. The average molecular weight is 133 g/mol. The molecule has 0 saturated heterocycles. The summed E-state index contributed by atoms with van der Waals surface area (Å²) in [6.45, 7) is 0. The molecule has 0 fully saturated rings. The van der Waals surface area contributed by atoms with Gasteiger partial charge >= 0.3 is 0 Å². The third-order valence-electron chi connectivity index (χ3n) is 1.41. The third-order valence-corrected chi connectivity index (χ3v) is 1.41. The molecule has 3 nitrogen and oxygen atoms in total. The van der Waals surface area contributed by atoms with Gasteiger partial charge in [-0.3, -0.25) is 0 Å². The molecule has 1 aromatic rings. The van der Waals surface area contributed by atoms with Gasteiger partial charge in [0.15, 0.2) is 0 Å². The first-order chi connectivity index (χ1) is 4.97. The largest absolute Gasteiger partial charge is 0.221 e. The van der Waals surface area contributed by atoms with Gasteiger partial charge in [-0.1, -0.05) is 17.4 Å². The molecule has 1 aromatic heterocycles. The second kappa shape index (κ2) is 2.10. The molecule has 0 atom stereocenters. The van der Waals surface area contributed by atoms with E-state index >= 15 is 0 Å². The van der Waals surface area contributed by atoms with Gasteiger partial charge in [0.05, 0.1) is 11.9 Å². The number of nitrogens with zero attached hydrogens (tertiary/aromatic N) is 3. The lowest BCUT2D eigenvalue weighted by Gasteiger charge is -1.88. The minimum atomic E-state index is 0.976. The van der Waals surface area contributed by atoms with Crippen LogP contribution < -0.4 is 0 Å². The molecule has 3 heteroatoms. The van der Waals surface area contributed by atoms with E-state index in [4.69, 9.17) is 0 Å². The van der Waals surface area contributed by atoms with Gasteiger partial charge in [0.25, 0.3) is 0 Å². The van der Waals surface area contributed by atoms with E-state index in [1.165, 1.54) is 0 Å². The van der Waals surface area contributed by atoms with Gasteiger partial charge in [-0.05, 0) is 12.5 Å². The number of allylic oxidation sites excluding steroid dienone is 2. The van der Waals surface area contributed by atoms with Gasteiger partial charge in [-0.2, -0.15) is 0 Å². The van der Waals surface area contributed by atoms with Crippen LogP contribution in [0.2, 0.25) is 0 Å². The highest BCUT2D eigenvalue weighted by Crippen LogP contribution is 2.05. The molecule has 10 heavy (non-hydrogen) atoms. The van der Waals surface area contributed by atoms with Crippen molar-refractivity contribution in [1.29, 1.82) is 0 Å². The summed E-state index contributed by atoms with van der Waals surface area (Å²) in [7, 11) is 0. The second-order valence-electron chi connectivity index (χ2n) is 2.13. The van der Waals surface area contributed by atoms with E-state index < -0.39 is 0 Å². The summed E-state index contributed by atoms with van der Waals surface area (Å²) >= 11 is 0. The van der Waals surface area contributed by atoms with Crippen molar-refractivity contribution in [1.82, 2.24) is 15.0 Å². The summed E-state index contributed by atoms with van der Waals surface area (Å²) in [6.07, 6.45) is 10.8. The monoisotopic (exact) mass is 133 g/mol. The first-order valence-corrected chi connectivity index (χ1v) is 3.20. The van der Waals surface area contributed by atoms with Crippen LogP contribution in [0.1, 0.15) is 12.1 Å². The molecular formula is C7H7N3. The van der Waals surface area contributed by atoms with Crippen LogP contribution in [0.3, 0.4) is 0 Å². The van der Waals surface area contributed by atoms with Gasteiger partial charge in [-0.15, -0.1) is 5.10 Å². The van der Waals surface area contributed by atoms with E-state index in [2.05, 4.69) is 16.4 Å². The zero-order valence-corrected chi connectivity index (χ0v) is 5.44. The Morgan fingerprint density at radius 3 is 3.40 bits per heavy atom. The summed E-state index contributed by atoms with van der Waals surface area (Å²) in [5.41, 5.74) is 1.04. The average Bonchev–Trinajstić information content (AvgIpc) is 2.28. The van der Waals surface area contributed by atoms with Gasteiger partial charge in [-0.25, -0.2) is 4.68 Å². The van der Waals surface area contributed by atoms with Crippen molar-refractivity contribution in [3.8, 4) is 0 Å². The molecular weight excluding hydrogens is 126 g/mol. The first kappa shape index (κ1) is 5.41. The number of rotatable bonds is 0. The molecule has 0 N–H and O–H groups in total. The van der Waals surface area contributed by atoms with E-state index in [1.54, 1.807) is 10.9 Å². The van der Waals surface area contributed by atoms with E-state index in [0.717, 1.165) is 12.1 Å². The van der Waals surface area contributed by atoms with Crippen LogP contribution in [-0.4, -0.2) is 15.0 Å². The van der Waals surface area contributed by atoms with Crippen LogP contribution in [0, 0.1) is 0 Å². The highest BCUT2D eigenvalue weighted by Gasteiger charge is 1.96. The van der Waals surface area contributed by atoms with Crippen LogP contribution in [0.5, 0.6) is 0 Å². The molecule has 0 amide bonds. The van der Waals surface area contributed by atoms with Crippen molar-refractivity contribution in [3.63, 3.8) is 0 Å². The Balaban J connectivity index is 2.56. The zero-order chi connectivity index (χ0) is 6.81. The van der Waals surface area contributed by atoms with Crippen molar-refractivity contribution < 1.29 is 0 Å². The molecule has 0 bridgehead atoms. The third kappa shape index (κ3) is 0.757. The van der Waals surface area contributed by atoms with Gasteiger partial charge in [0.2, 0.25) is 0 Å². The highest BCUT2D eigenvalue weighted by molar-refractivity contribution is 5.49. The Morgan fingerprint density at radius 2 is 2.40 bits per heavy atom. The zero-order valence-electron chi connectivity index (χ0n) is 5.44. The number of aromatic nitrogens is 3. The summed E-state index contributed by atoms with van der Waals surface area (Å²) in [5, 5.41) is 7.60. The van der Waals surface area contributed by atoms with Crippen molar-refractivity contribution >= 4 is 12.3 Å². The van der Waals surface area contributed by atoms with Crippen LogP contribution in [0.25, 0.3) is 12.3 Å². The van der Waals surface area contributed by atoms with Crippen LogP contribution in [-0.2, 0) is 0 Å². The van der Waals surface area contributed by atoms with E-state index in [-0.39, 0.29) is 0 Å². The van der Waals surface area contributed by atoms with Gasteiger partial charge < -0.3 is 0 Å². The molecule has 0 aromatic carbocycles. The van der Waals surface area contributed by atoms with Crippen LogP contribution in [0.15, 0.2) is 18.3 Å². The predicted molar refractivity (Wildman–Crippen MR) is 39.0 cm³/mol. The quantitative estimate of drug-likeness (QED) is 0.531. The van der Waals surface area contributed by atoms with Crippen molar-refractivity contribution in [3.05, 3.63) is 24.0 Å². The Hall–Kier alpha value is -1.38. The Morgan fingerprint density at radius 1 is 1.40 bits per heavy atom. The fourth-order valence-corrected chi connectivity index (χ4v) is 0.915. The lowest BCUT2D eigenvalue weighted by atomic mass is 10.3. The SMILES string of the molecule is C1=Cc2cnnn2C=CC1. The van der Waals surface area contributed by atoms with Gasteiger partial charge in [0, 0.05) is 6.20 Å². The summed E-state index contributed by atoms with van der Waals surface area (Å²) in [5.74, 6) is 0. The number of hydrogen-bond donors (Lipinski definition) is 0. The van der Waals surface area contributed by atoms with Gasteiger partial charge in [0.1, 0.15) is 0 Å². The maximum Gasteiger partial charge on any atom is 0.0861 e. The summed E-state index contributed by atoms with van der Waals surface area (Å²) < 4.78 is 1.75. The first-order valence-electron chi connectivity index (χ1n) is 3.20. The van der Waals surface area contributed by atoms with Crippen molar-refractivity contribution in [2.24, 2.45) is 0 Å². The molecule has 2 rings (SSSR count). The topological polar surface area (TPSA) is 30.7 Å². The maximum atomic E-state index is 3.85. The van der Waals surface area contributed by atoms with E-state index in [0.29, 0.717) is 0 Å². The fourth-order valence-electron chi connectivity index (χ4n) is 0.915. The number of fused-ring (bicyclic) bond motifs is 1. The van der Waals surface area contributed by atoms with Crippen molar-refractivity contribution in [2.45, 2.75) is 6.42 Å². The standard InChI is InChI=1S/C7H7N3/c1-2-4-7-6-8-9-10(7)5-3-1/h2-6H,1H2. The lowest BCUT2D eigenvalue weighted by molar-refractivity contribution is 0.836. The second-order valence-corrected chi connectivity index (χ2v) is 2.13. The van der Waals surface area contributed by atoms with E-state index in [9.17, 15) is 0 Å². The highest BCUT2D eigenvalue weighted by atomic mass is 15.4. The molecule has 1 aliphatic heterocycles. The maximum absolute atomic E-state index is 3.85.